The molecule has 0 bridgehead atoms. The van der Waals surface area contributed by atoms with Gasteiger partial charge in [-0.1, -0.05) is 35.2 Å². The number of amides is 3. The van der Waals surface area contributed by atoms with Crippen LogP contribution in [-0.4, -0.2) is 39.6 Å². The lowest BCUT2D eigenvalue weighted by Gasteiger charge is -2.37. The molecule has 4 rings (SSSR count). The molecule has 2 aromatic carbocycles. The Labute approximate surface area is 193 Å². The number of benzene rings is 2. The lowest BCUT2D eigenvalue weighted by Crippen LogP contribution is -2.51. The first-order chi connectivity index (χ1) is 15.4. The molecular weight excluding hydrogens is 478 g/mol. The second-order valence-electron chi connectivity index (χ2n) is 8.07. The van der Waals surface area contributed by atoms with Gasteiger partial charge in [0.15, 0.2) is 0 Å². The van der Waals surface area contributed by atoms with E-state index in [9.17, 15) is 24.5 Å². The molecule has 0 N–H and O–H groups in total. The van der Waals surface area contributed by atoms with Crippen molar-refractivity contribution in [3.05, 3.63) is 68.7 Å². The van der Waals surface area contributed by atoms with Crippen LogP contribution in [0.15, 0.2) is 53.0 Å². The van der Waals surface area contributed by atoms with E-state index in [1.807, 2.05) is 0 Å². The molecule has 2 fully saturated rings. The third kappa shape index (κ3) is 4.29. The minimum Gasteiger partial charge on any atom is -0.323 e. The Kier molecular flexibility index (Phi) is 6.36. The molecule has 1 aliphatic carbocycles. The number of carbonyl (C=O) groups is 3. The zero-order valence-electron chi connectivity index (χ0n) is 17.3. The van der Waals surface area contributed by atoms with Crippen molar-refractivity contribution < 1.29 is 19.3 Å². The standard InChI is InChI=1S/C23H22BrN3O5/c24-16-8-12-18(13-9-16)26-21(28)14-20(23(26)30)25(17-4-2-1-3-5-17)22(29)15-6-10-19(11-7-15)27(31)32/h6-13,17,20H,1-5,14H2. The number of nitro groups is 1. The van der Waals surface area contributed by atoms with E-state index in [2.05, 4.69) is 15.9 Å². The van der Waals surface area contributed by atoms with E-state index in [0.29, 0.717) is 5.69 Å². The fourth-order valence-corrected chi connectivity index (χ4v) is 4.75. The third-order valence-corrected chi connectivity index (χ3v) is 6.60. The SMILES string of the molecule is O=C1CC(N(C(=O)c2ccc([N+](=O)[O-])cc2)C2CCCCC2)C(=O)N1c1ccc(Br)cc1. The number of hydrogen-bond donors (Lipinski definition) is 0. The highest BCUT2D eigenvalue weighted by Gasteiger charge is 2.46. The number of hydrogen-bond acceptors (Lipinski definition) is 5. The summed E-state index contributed by atoms with van der Waals surface area (Å²) in [5.74, 6) is -1.15. The summed E-state index contributed by atoms with van der Waals surface area (Å²) in [5.41, 5.74) is 0.625. The average Bonchev–Trinajstić information content (AvgIpc) is 3.09. The highest BCUT2D eigenvalue weighted by atomic mass is 79.9. The van der Waals surface area contributed by atoms with E-state index < -0.39 is 16.9 Å². The molecule has 2 aliphatic rings. The fourth-order valence-electron chi connectivity index (χ4n) is 4.49. The number of non-ortho nitro benzene ring substituents is 1. The van der Waals surface area contributed by atoms with Crippen molar-refractivity contribution in [2.45, 2.75) is 50.6 Å². The molecule has 1 unspecified atom stereocenters. The maximum Gasteiger partial charge on any atom is 0.269 e. The predicted molar refractivity (Wildman–Crippen MR) is 121 cm³/mol. The van der Waals surface area contributed by atoms with Gasteiger partial charge in [-0.15, -0.1) is 0 Å². The highest BCUT2D eigenvalue weighted by molar-refractivity contribution is 9.10. The van der Waals surface area contributed by atoms with Crippen molar-refractivity contribution in [1.29, 1.82) is 0 Å². The van der Waals surface area contributed by atoms with Gasteiger partial charge >= 0.3 is 0 Å². The largest absolute Gasteiger partial charge is 0.323 e. The summed E-state index contributed by atoms with van der Waals surface area (Å²) < 4.78 is 0.828. The molecule has 0 radical (unpaired) electrons. The van der Waals surface area contributed by atoms with E-state index >= 15 is 0 Å². The maximum atomic E-state index is 13.5. The zero-order chi connectivity index (χ0) is 22.8. The van der Waals surface area contributed by atoms with Crippen molar-refractivity contribution in [1.82, 2.24) is 4.90 Å². The van der Waals surface area contributed by atoms with Crippen molar-refractivity contribution in [2.24, 2.45) is 0 Å². The number of nitrogens with zero attached hydrogens (tertiary/aromatic N) is 3. The summed E-state index contributed by atoms with van der Waals surface area (Å²) in [7, 11) is 0. The predicted octanol–water partition coefficient (Wildman–Crippen LogP) is 4.46. The summed E-state index contributed by atoms with van der Waals surface area (Å²) >= 11 is 3.35. The van der Waals surface area contributed by atoms with Crippen molar-refractivity contribution in [3.8, 4) is 0 Å². The van der Waals surface area contributed by atoms with Crippen LogP contribution >= 0.6 is 15.9 Å². The molecule has 32 heavy (non-hydrogen) atoms. The zero-order valence-corrected chi connectivity index (χ0v) is 18.9. The number of nitro benzene ring substituents is 1. The number of carbonyl (C=O) groups excluding carboxylic acids is 3. The van der Waals surface area contributed by atoms with Crippen LogP contribution in [0.2, 0.25) is 0 Å². The van der Waals surface area contributed by atoms with Gasteiger partial charge in [-0.25, -0.2) is 4.90 Å². The van der Waals surface area contributed by atoms with Gasteiger partial charge in [-0.2, -0.15) is 0 Å². The van der Waals surface area contributed by atoms with Gasteiger partial charge in [-0.05, 0) is 49.2 Å². The first-order valence-electron chi connectivity index (χ1n) is 10.6. The number of halogens is 1. The van der Waals surface area contributed by atoms with Gasteiger partial charge in [0.1, 0.15) is 6.04 Å². The molecule has 0 spiro atoms. The Bertz CT molecular complexity index is 1050. The maximum absolute atomic E-state index is 13.5. The van der Waals surface area contributed by atoms with E-state index in [4.69, 9.17) is 0 Å². The Morgan fingerprint density at radius 1 is 1.00 bits per heavy atom. The number of imide groups is 1. The first kappa shape index (κ1) is 22.1. The Hall–Kier alpha value is -3.07. The molecule has 2 aromatic rings. The van der Waals surface area contributed by atoms with Crippen LogP contribution in [0.25, 0.3) is 0 Å². The lowest BCUT2D eigenvalue weighted by atomic mass is 9.92. The Balaban J connectivity index is 1.66. The molecule has 0 aromatic heterocycles. The topological polar surface area (TPSA) is 101 Å². The monoisotopic (exact) mass is 499 g/mol. The molecule has 9 heteroatoms. The molecule has 8 nitrogen and oxygen atoms in total. The minimum atomic E-state index is -0.892. The Morgan fingerprint density at radius 2 is 1.62 bits per heavy atom. The van der Waals surface area contributed by atoms with Gasteiger partial charge in [0, 0.05) is 28.2 Å². The van der Waals surface area contributed by atoms with Crippen LogP contribution in [0.4, 0.5) is 11.4 Å². The molecule has 1 saturated heterocycles. The summed E-state index contributed by atoms with van der Waals surface area (Å²) in [6.45, 7) is 0. The molecule has 1 aliphatic heterocycles. The third-order valence-electron chi connectivity index (χ3n) is 6.07. The summed E-state index contributed by atoms with van der Waals surface area (Å²) in [5, 5.41) is 11.0. The van der Waals surface area contributed by atoms with E-state index in [1.54, 1.807) is 29.2 Å². The summed E-state index contributed by atoms with van der Waals surface area (Å²) in [6, 6.07) is 11.2. The molecule has 3 amide bonds. The summed E-state index contributed by atoms with van der Waals surface area (Å²) in [4.78, 5) is 52.9. The Morgan fingerprint density at radius 3 is 2.22 bits per heavy atom. The van der Waals surface area contributed by atoms with Crippen LogP contribution < -0.4 is 4.90 Å². The first-order valence-corrected chi connectivity index (χ1v) is 11.4. The van der Waals surface area contributed by atoms with Crippen molar-refractivity contribution in [3.63, 3.8) is 0 Å². The van der Waals surface area contributed by atoms with E-state index in [-0.39, 0.29) is 35.5 Å². The summed E-state index contributed by atoms with van der Waals surface area (Å²) in [6.07, 6.45) is 4.40. The van der Waals surface area contributed by atoms with E-state index in [1.165, 1.54) is 24.3 Å². The van der Waals surface area contributed by atoms with Gasteiger partial charge < -0.3 is 4.90 Å². The quantitative estimate of drug-likeness (QED) is 0.343. The normalized spacial score (nSPS) is 19.3. The highest BCUT2D eigenvalue weighted by Crippen LogP contribution is 2.32. The van der Waals surface area contributed by atoms with Crippen LogP contribution in [0.3, 0.4) is 0 Å². The van der Waals surface area contributed by atoms with Crippen molar-refractivity contribution >= 4 is 45.0 Å². The molecule has 1 atom stereocenters. The molecule has 166 valence electrons. The second kappa shape index (κ2) is 9.20. The van der Waals surface area contributed by atoms with E-state index in [0.717, 1.165) is 41.5 Å². The van der Waals surface area contributed by atoms with Gasteiger partial charge in [0.25, 0.3) is 17.5 Å². The van der Waals surface area contributed by atoms with Crippen LogP contribution in [0, 0.1) is 10.1 Å². The van der Waals surface area contributed by atoms with Crippen LogP contribution in [0.5, 0.6) is 0 Å². The number of anilines is 1. The van der Waals surface area contributed by atoms with Gasteiger partial charge in [0.05, 0.1) is 17.0 Å². The van der Waals surface area contributed by atoms with Gasteiger partial charge in [0.2, 0.25) is 5.91 Å². The average molecular weight is 500 g/mol. The molecule has 1 saturated carbocycles. The minimum absolute atomic E-state index is 0.0792. The van der Waals surface area contributed by atoms with Crippen molar-refractivity contribution in [2.75, 3.05) is 4.90 Å². The van der Waals surface area contributed by atoms with Gasteiger partial charge in [-0.3, -0.25) is 24.5 Å². The van der Waals surface area contributed by atoms with Crippen LogP contribution in [-0.2, 0) is 9.59 Å². The number of rotatable bonds is 5. The molecule has 1 heterocycles. The second-order valence-corrected chi connectivity index (χ2v) is 8.99. The lowest BCUT2D eigenvalue weighted by molar-refractivity contribution is -0.384. The molecular formula is C23H22BrN3O5. The smallest absolute Gasteiger partial charge is 0.269 e. The fraction of sp³-hybridized carbons (Fsp3) is 0.348. The van der Waals surface area contributed by atoms with Crippen LogP contribution in [0.1, 0.15) is 48.9 Å².